The van der Waals surface area contributed by atoms with E-state index in [1.807, 2.05) is 30.3 Å². The maximum absolute atomic E-state index is 14.9. The predicted octanol–water partition coefficient (Wildman–Crippen LogP) is 7.14. The second-order valence-corrected chi connectivity index (χ2v) is 28.6. The van der Waals surface area contributed by atoms with E-state index in [-0.39, 0.29) is 74.5 Å². The van der Waals surface area contributed by atoms with E-state index in [1.54, 1.807) is 36.5 Å². The minimum Gasteiger partial charge on any atom is -0.871 e. The molecule has 0 saturated heterocycles. The summed E-state index contributed by atoms with van der Waals surface area (Å²) < 4.78 is 35.0. The first kappa shape index (κ1) is 51.0. The number of fused-ring (bicyclic) bond motifs is 1. The average molecular weight is 905 g/mol. The van der Waals surface area contributed by atoms with Crippen molar-refractivity contribution in [3.8, 4) is 5.75 Å². The number of para-hydroxylation sites is 1. The minimum atomic E-state index is -1.52. The molecule has 67 heavy (non-hydrogen) atoms. The van der Waals surface area contributed by atoms with E-state index in [0.29, 0.717) is 5.52 Å². The topological polar surface area (TPSA) is 42.4 Å². The quantitative estimate of drug-likeness (QED) is 0.120. The Balaban J connectivity index is 0.000000470. The van der Waals surface area contributed by atoms with Crippen molar-refractivity contribution in [3.05, 3.63) is 206 Å². The zero-order valence-corrected chi connectivity index (χ0v) is 42.1. The van der Waals surface area contributed by atoms with E-state index >= 15 is 0 Å². The number of anilines is 5. The van der Waals surface area contributed by atoms with Gasteiger partial charge in [-0.3, -0.25) is 4.98 Å². The Kier molecular flexibility index (Phi) is 16.2. The summed E-state index contributed by atoms with van der Waals surface area (Å²) in [6, 6.07) is 49.1. The number of hydrogen-bond donors (Lipinski definition) is 0. The summed E-state index contributed by atoms with van der Waals surface area (Å²) in [5, 5.41) is 17.1. The van der Waals surface area contributed by atoms with Crippen LogP contribution in [0.3, 0.4) is 0 Å². The van der Waals surface area contributed by atoms with Crippen LogP contribution in [0.4, 0.5) is 37.2 Å². The summed E-state index contributed by atoms with van der Waals surface area (Å²) in [4.78, 5) is 8.44. The van der Waals surface area contributed by atoms with Crippen LogP contribution in [0.1, 0.15) is 22.6 Å². The van der Waals surface area contributed by atoms with Gasteiger partial charge in [0.2, 0.25) is 0 Å². The van der Waals surface area contributed by atoms with E-state index in [2.05, 4.69) is 160 Å². The van der Waals surface area contributed by atoms with Gasteiger partial charge in [-0.05, 0) is 102 Å². The summed E-state index contributed by atoms with van der Waals surface area (Å²) >= 11 is 0. The van der Waals surface area contributed by atoms with Crippen molar-refractivity contribution < 1.29 is 51.6 Å². The van der Waals surface area contributed by atoms with Gasteiger partial charge >= 0.3 is 37.7 Å². The van der Waals surface area contributed by atoms with Crippen LogP contribution in [0.5, 0.6) is 5.75 Å². The molecule has 10 rings (SSSR count). The molecule has 0 N–H and O–H groups in total. The number of halogens is 2. The molecule has 2 unspecified atom stereocenters. The summed E-state index contributed by atoms with van der Waals surface area (Å²) in [6.45, 7) is 14.1. The summed E-state index contributed by atoms with van der Waals surface area (Å²) in [5.74, 6) is -0.534. The standard InChI is InChI=1S/C46H44F2N2Si2.C9H7NO.CH3.BH.2Li/c1-51(2,3)39-21-17-35(18-22-39)49(37-11-7-9-33(47)29-37)43-27-15-31-14-26-42-44(28-16-32-13-25-41(43)45(31)46(32)42)50(38-12-8-10-34(48)30-38)36-19-23-40(24-20-36)52(4,5)6;11-8-5-1-3-7-4-2-6-10-9(7)8;;;;/h7-30,41,43H,1-6H3;1-6,11H;1H3;1H;;/q;;-1;;2*+1/p-1/i;;;1D;;. The van der Waals surface area contributed by atoms with Crippen LogP contribution in [-0.2, 0) is 0 Å². The first-order valence-electron chi connectivity index (χ1n) is 22.1. The number of rotatable bonds is 8. The number of benzene rings is 7. The fourth-order valence-corrected chi connectivity index (χ4v) is 11.3. The van der Waals surface area contributed by atoms with E-state index < -0.39 is 16.1 Å². The molecule has 2 radical (unpaired) electrons. The van der Waals surface area contributed by atoms with E-state index in [9.17, 15) is 13.9 Å². The van der Waals surface area contributed by atoms with Crippen LogP contribution in [0, 0.1) is 19.1 Å². The van der Waals surface area contributed by atoms with Crippen molar-refractivity contribution in [1.82, 2.24) is 4.98 Å². The van der Waals surface area contributed by atoms with Gasteiger partial charge in [-0.1, -0.05) is 159 Å². The third-order valence-electron chi connectivity index (χ3n) is 12.2. The van der Waals surface area contributed by atoms with Crippen molar-refractivity contribution in [2.24, 2.45) is 0 Å². The van der Waals surface area contributed by atoms with E-state index in [1.165, 1.54) is 45.1 Å². The van der Waals surface area contributed by atoms with Gasteiger partial charge in [-0.25, -0.2) is 8.78 Å². The predicted molar refractivity (Wildman–Crippen MR) is 279 cm³/mol. The van der Waals surface area contributed by atoms with Gasteiger partial charge in [-0.15, -0.1) is 0 Å². The first-order chi connectivity index (χ1) is 31.2. The van der Waals surface area contributed by atoms with E-state index in [4.69, 9.17) is 1.34 Å². The molecule has 0 saturated carbocycles. The van der Waals surface area contributed by atoms with Crippen molar-refractivity contribution in [2.75, 3.05) is 9.80 Å². The molecule has 8 aromatic rings. The average Bonchev–Trinajstić information content (AvgIpc) is 3.30. The molecule has 0 spiro atoms. The minimum absolute atomic E-state index is 0. The molecule has 2 aliphatic rings. The third-order valence-corrected chi connectivity index (χ3v) is 16.3. The summed E-state index contributed by atoms with van der Waals surface area (Å²) in [5.41, 5.74) is 8.76. The van der Waals surface area contributed by atoms with Crippen molar-refractivity contribution in [3.63, 3.8) is 0 Å². The smallest absolute Gasteiger partial charge is 0.871 e. The van der Waals surface area contributed by atoms with Crippen molar-refractivity contribution >= 4 is 97.2 Å². The van der Waals surface area contributed by atoms with Gasteiger partial charge in [0.15, 0.2) is 0 Å². The molecular weight excluding hydrogens is 849 g/mol. The maximum atomic E-state index is 14.9. The Labute approximate surface area is 424 Å². The number of hydrogen-bond acceptors (Lipinski definition) is 4. The van der Waals surface area contributed by atoms with Gasteiger partial charge in [-0.2, -0.15) is 0 Å². The molecule has 2 atom stereocenters. The molecule has 0 amide bonds. The molecule has 11 heteroatoms. The van der Waals surface area contributed by atoms with Crippen LogP contribution < -0.4 is 63.0 Å². The second-order valence-electron chi connectivity index (χ2n) is 18.5. The Hall–Kier alpha value is -5.36. The fourth-order valence-electron chi connectivity index (χ4n) is 8.97. The van der Waals surface area contributed by atoms with Crippen LogP contribution >= 0.6 is 0 Å². The molecule has 7 aromatic carbocycles. The molecular formula is C56H54BF2Li2N3OSi2. The first-order valence-corrected chi connectivity index (χ1v) is 28.5. The van der Waals surface area contributed by atoms with Crippen LogP contribution in [0.15, 0.2) is 170 Å². The summed E-state index contributed by atoms with van der Waals surface area (Å²) in [7, 11) is 0.714. The van der Waals surface area contributed by atoms with Gasteiger partial charge in [0, 0.05) is 48.6 Å². The molecule has 0 bridgehead atoms. The largest absolute Gasteiger partial charge is 1.00 e. The van der Waals surface area contributed by atoms with Crippen LogP contribution in [-0.4, -0.2) is 36.9 Å². The monoisotopic (exact) mass is 904 g/mol. The molecule has 1 heterocycles. The molecule has 326 valence electrons. The van der Waals surface area contributed by atoms with Crippen LogP contribution in [0.2, 0.25) is 39.3 Å². The van der Waals surface area contributed by atoms with Gasteiger partial charge in [0.05, 0.1) is 33.4 Å². The molecule has 1 aromatic heterocycles. The fraction of sp³-hybridized carbons (Fsp3) is 0.143. The zero-order valence-electron chi connectivity index (χ0n) is 41.1. The van der Waals surface area contributed by atoms with E-state index in [0.717, 1.165) is 44.8 Å². The SMILES string of the molecule is C[Si](C)(C)c1ccc(N(c2cccc(F)c2)c2ccc3c4c5c(ccc24)C=CC(N(c2ccc([Si](C)(C)C)cc2)c2cccc(F)c2)C5C=C3)cc1.[2H][B].[CH3-].[Li+].[Li+].[O-]c1cccc2cccnc12. The van der Waals surface area contributed by atoms with Gasteiger partial charge in [0.1, 0.15) is 11.6 Å². The van der Waals surface area contributed by atoms with Gasteiger partial charge < -0.3 is 22.3 Å². The van der Waals surface area contributed by atoms with Crippen LogP contribution in [0.25, 0.3) is 33.8 Å². The molecule has 0 aliphatic heterocycles. The summed E-state index contributed by atoms with van der Waals surface area (Å²) in [6.07, 6.45) is 10.7. The second kappa shape index (κ2) is 21.3. The van der Waals surface area contributed by atoms with Gasteiger partial charge in [0.25, 0.3) is 0 Å². The zero-order chi connectivity index (χ0) is 46.0. The Morgan fingerprint density at radius 3 is 1.76 bits per heavy atom. The number of nitrogens with zero attached hydrogens (tertiary/aromatic N) is 3. The molecule has 2 aliphatic carbocycles. The van der Waals surface area contributed by atoms with Crippen molar-refractivity contribution in [2.45, 2.75) is 51.2 Å². The molecule has 4 nitrogen and oxygen atoms in total. The normalized spacial score (nSPS) is 14.4. The number of aromatic nitrogens is 1. The Morgan fingerprint density at radius 2 is 1.15 bits per heavy atom. The third kappa shape index (κ3) is 10.7. The van der Waals surface area contributed by atoms with Crippen molar-refractivity contribution in [1.29, 1.82) is 1.34 Å². The Bertz CT molecular complexity index is 3070. The molecule has 0 fully saturated rings. The number of pyridine rings is 1. The maximum Gasteiger partial charge on any atom is 1.00 e. The Morgan fingerprint density at radius 1 is 0.597 bits per heavy atom.